The summed E-state index contributed by atoms with van der Waals surface area (Å²) >= 11 is 0. The largest absolute Gasteiger partial charge is 0.481 e. The highest BCUT2D eigenvalue weighted by molar-refractivity contribution is 5.71. The summed E-state index contributed by atoms with van der Waals surface area (Å²) in [6.45, 7) is 4.64. The van der Waals surface area contributed by atoms with E-state index in [0.717, 1.165) is 12.0 Å². The molecule has 0 saturated carbocycles. The van der Waals surface area contributed by atoms with Crippen LogP contribution in [-0.4, -0.2) is 31.2 Å². The molecule has 19 heavy (non-hydrogen) atoms. The number of carbonyl (C=O) groups is 1. The average molecular weight is 266 g/mol. The van der Waals surface area contributed by atoms with Gasteiger partial charge in [0.25, 0.3) is 0 Å². The first-order valence-corrected chi connectivity index (χ1v) is 6.37. The number of methoxy groups -OCH3 is 2. The van der Waals surface area contributed by atoms with E-state index in [1.807, 2.05) is 19.1 Å². The maximum Gasteiger partial charge on any atom is 0.308 e. The van der Waals surface area contributed by atoms with Crippen molar-refractivity contribution in [1.29, 1.82) is 0 Å². The fraction of sp³-hybridized carbons (Fsp3) is 0.571. The van der Waals surface area contributed by atoms with E-state index < -0.39 is 0 Å². The highest BCUT2D eigenvalue weighted by Crippen LogP contribution is 2.11. The van der Waals surface area contributed by atoms with Crippen molar-refractivity contribution in [3.05, 3.63) is 23.9 Å². The minimum absolute atomic E-state index is 0.0977. The van der Waals surface area contributed by atoms with Crippen LogP contribution in [0, 0.1) is 5.92 Å². The molecular weight excluding hydrogens is 244 g/mol. The molecule has 1 rings (SSSR count). The maximum atomic E-state index is 11.3. The average Bonchev–Trinajstić information content (AvgIpc) is 2.44. The molecule has 0 bridgehead atoms. The zero-order chi connectivity index (χ0) is 14.3. The molecule has 0 aliphatic heterocycles. The SMILES string of the molecule is COC(=O)[C@@H](C)C[C@@H](C)NCc1ccnc(OC)c1. The van der Waals surface area contributed by atoms with Gasteiger partial charge in [0.2, 0.25) is 5.88 Å². The van der Waals surface area contributed by atoms with Crippen LogP contribution in [-0.2, 0) is 16.1 Å². The Labute approximate surface area is 114 Å². The third-order valence-corrected chi connectivity index (χ3v) is 2.97. The molecule has 5 heteroatoms. The van der Waals surface area contributed by atoms with E-state index in [1.165, 1.54) is 7.11 Å². The number of hydrogen-bond donors (Lipinski definition) is 1. The molecule has 0 aliphatic rings. The van der Waals surface area contributed by atoms with E-state index in [1.54, 1.807) is 13.3 Å². The Morgan fingerprint density at radius 3 is 2.79 bits per heavy atom. The van der Waals surface area contributed by atoms with Crippen LogP contribution in [0.15, 0.2) is 18.3 Å². The fourth-order valence-corrected chi connectivity index (χ4v) is 1.88. The van der Waals surface area contributed by atoms with Gasteiger partial charge in [-0.3, -0.25) is 4.79 Å². The lowest BCUT2D eigenvalue weighted by Gasteiger charge is -2.17. The number of esters is 1. The lowest BCUT2D eigenvalue weighted by molar-refractivity contribution is -0.145. The van der Waals surface area contributed by atoms with Gasteiger partial charge in [-0.05, 0) is 25.0 Å². The molecule has 0 amide bonds. The molecule has 1 N–H and O–H groups in total. The van der Waals surface area contributed by atoms with Crippen LogP contribution in [0.3, 0.4) is 0 Å². The van der Waals surface area contributed by atoms with Gasteiger partial charge in [-0.15, -0.1) is 0 Å². The second-order valence-electron chi connectivity index (χ2n) is 4.65. The summed E-state index contributed by atoms with van der Waals surface area (Å²) in [5.41, 5.74) is 1.10. The first-order valence-electron chi connectivity index (χ1n) is 6.37. The van der Waals surface area contributed by atoms with E-state index in [-0.39, 0.29) is 17.9 Å². The molecule has 0 spiro atoms. The summed E-state index contributed by atoms with van der Waals surface area (Å²) in [7, 11) is 3.01. The number of hydrogen-bond acceptors (Lipinski definition) is 5. The molecule has 1 aromatic heterocycles. The zero-order valence-corrected chi connectivity index (χ0v) is 12.0. The summed E-state index contributed by atoms with van der Waals surface area (Å²) < 4.78 is 9.79. The molecule has 5 nitrogen and oxygen atoms in total. The molecule has 0 aliphatic carbocycles. The van der Waals surface area contributed by atoms with Crippen LogP contribution in [0.5, 0.6) is 5.88 Å². The maximum absolute atomic E-state index is 11.3. The normalized spacial score (nSPS) is 13.7. The fourth-order valence-electron chi connectivity index (χ4n) is 1.88. The van der Waals surface area contributed by atoms with Crippen LogP contribution in [0.25, 0.3) is 0 Å². The van der Waals surface area contributed by atoms with Gasteiger partial charge in [0.15, 0.2) is 0 Å². The summed E-state index contributed by atoms with van der Waals surface area (Å²) in [6, 6.07) is 4.06. The van der Waals surface area contributed by atoms with E-state index in [4.69, 9.17) is 9.47 Å². The molecule has 0 unspecified atom stereocenters. The number of pyridine rings is 1. The molecule has 1 heterocycles. The quantitative estimate of drug-likeness (QED) is 0.762. The van der Waals surface area contributed by atoms with E-state index >= 15 is 0 Å². The second-order valence-corrected chi connectivity index (χ2v) is 4.65. The van der Waals surface area contributed by atoms with Gasteiger partial charge >= 0.3 is 5.97 Å². The summed E-state index contributed by atoms with van der Waals surface area (Å²) in [5.74, 6) is 0.341. The molecule has 2 atom stereocenters. The van der Waals surface area contributed by atoms with Gasteiger partial charge in [-0.1, -0.05) is 6.92 Å². The van der Waals surface area contributed by atoms with Gasteiger partial charge in [0.1, 0.15) is 0 Å². The standard InChI is InChI=1S/C14H22N2O3/c1-10(14(17)19-4)7-11(2)16-9-12-5-6-15-13(8-12)18-3/h5-6,8,10-11,16H,7,9H2,1-4H3/t10-,11+/m0/s1. The molecule has 0 aromatic carbocycles. The number of carbonyl (C=O) groups excluding carboxylic acids is 1. The summed E-state index contributed by atoms with van der Waals surface area (Å²) in [4.78, 5) is 15.4. The van der Waals surface area contributed by atoms with Crippen molar-refractivity contribution in [1.82, 2.24) is 10.3 Å². The summed E-state index contributed by atoms with van der Waals surface area (Å²) in [6.07, 6.45) is 2.46. The minimum atomic E-state index is -0.167. The van der Waals surface area contributed by atoms with Gasteiger partial charge < -0.3 is 14.8 Å². The van der Waals surface area contributed by atoms with Crippen LogP contribution >= 0.6 is 0 Å². The Hall–Kier alpha value is -1.62. The Morgan fingerprint density at radius 2 is 2.16 bits per heavy atom. The smallest absolute Gasteiger partial charge is 0.308 e. The number of nitrogens with zero attached hydrogens (tertiary/aromatic N) is 1. The number of ether oxygens (including phenoxy) is 2. The van der Waals surface area contributed by atoms with Crippen LogP contribution in [0.2, 0.25) is 0 Å². The first-order chi connectivity index (χ1) is 9.06. The lowest BCUT2D eigenvalue weighted by atomic mass is 10.0. The molecule has 1 aromatic rings. The zero-order valence-electron chi connectivity index (χ0n) is 12.0. The second kappa shape index (κ2) is 7.74. The third kappa shape index (κ3) is 5.26. The van der Waals surface area contributed by atoms with E-state index in [0.29, 0.717) is 12.4 Å². The van der Waals surface area contributed by atoms with Crippen molar-refractivity contribution in [3.8, 4) is 5.88 Å². The Kier molecular flexibility index (Phi) is 6.29. The van der Waals surface area contributed by atoms with Gasteiger partial charge in [-0.2, -0.15) is 0 Å². The Morgan fingerprint density at radius 1 is 1.42 bits per heavy atom. The van der Waals surface area contributed by atoms with Crippen LogP contribution in [0.1, 0.15) is 25.8 Å². The molecule has 106 valence electrons. The highest BCUT2D eigenvalue weighted by atomic mass is 16.5. The minimum Gasteiger partial charge on any atom is -0.481 e. The van der Waals surface area contributed by atoms with Crippen molar-refractivity contribution in [2.75, 3.05) is 14.2 Å². The van der Waals surface area contributed by atoms with Crippen molar-refractivity contribution < 1.29 is 14.3 Å². The third-order valence-electron chi connectivity index (χ3n) is 2.97. The van der Waals surface area contributed by atoms with Crippen LogP contribution in [0.4, 0.5) is 0 Å². The first kappa shape index (κ1) is 15.4. The predicted molar refractivity (Wildman–Crippen MR) is 72.9 cm³/mol. The topological polar surface area (TPSA) is 60.5 Å². The molecular formula is C14H22N2O3. The number of rotatable bonds is 7. The molecule has 0 radical (unpaired) electrons. The number of nitrogens with one attached hydrogen (secondary N) is 1. The van der Waals surface area contributed by atoms with Crippen molar-refractivity contribution in [2.45, 2.75) is 32.9 Å². The highest BCUT2D eigenvalue weighted by Gasteiger charge is 2.16. The van der Waals surface area contributed by atoms with E-state index in [9.17, 15) is 4.79 Å². The van der Waals surface area contributed by atoms with Gasteiger partial charge in [0.05, 0.1) is 20.1 Å². The molecule has 0 saturated heterocycles. The van der Waals surface area contributed by atoms with Gasteiger partial charge in [-0.25, -0.2) is 4.98 Å². The van der Waals surface area contributed by atoms with Crippen LogP contribution < -0.4 is 10.1 Å². The number of aromatic nitrogens is 1. The molecule has 0 fully saturated rings. The van der Waals surface area contributed by atoms with E-state index in [2.05, 4.69) is 17.2 Å². The lowest BCUT2D eigenvalue weighted by Crippen LogP contribution is -2.29. The predicted octanol–water partition coefficient (Wildman–Crippen LogP) is 1.77. The Bertz CT molecular complexity index is 409. The summed E-state index contributed by atoms with van der Waals surface area (Å²) in [5, 5.41) is 3.37. The van der Waals surface area contributed by atoms with Crippen molar-refractivity contribution >= 4 is 5.97 Å². The Balaban J connectivity index is 2.41. The van der Waals surface area contributed by atoms with Crippen molar-refractivity contribution in [2.24, 2.45) is 5.92 Å². The van der Waals surface area contributed by atoms with Crippen molar-refractivity contribution in [3.63, 3.8) is 0 Å². The van der Waals surface area contributed by atoms with Gasteiger partial charge in [0, 0.05) is 24.8 Å². The monoisotopic (exact) mass is 266 g/mol.